The maximum atomic E-state index is 11.3. The van der Waals surface area contributed by atoms with E-state index in [1.165, 1.54) is 18.4 Å². The lowest BCUT2D eigenvalue weighted by molar-refractivity contribution is -0.115. The van der Waals surface area contributed by atoms with Gasteiger partial charge in [0.05, 0.1) is 6.42 Å². The molecule has 0 aromatic heterocycles. The minimum atomic E-state index is 0.0842. The van der Waals surface area contributed by atoms with Crippen LogP contribution in [0.15, 0.2) is 18.2 Å². The summed E-state index contributed by atoms with van der Waals surface area (Å²) in [6, 6.07) is 6.23. The molecule has 1 aliphatic heterocycles. The fourth-order valence-corrected chi connectivity index (χ4v) is 2.68. The minimum absolute atomic E-state index is 0.0842. The van der Waals surface area contributed by atoms with Crippen LogP contribution in [0.5, 0.6) is 0 Å². The summed E-state index contributed by atoms with van der Waals surface area (Å²) in [7, 11) is 0. The van der Waals surface area contributed by atoms with Gasteiger partial charge in [0.2, 0.25) is 5.91 Å². The molecular weight excluding hydrogens is 212 g/mol. The summed E-state index contributed by atoms with van der Waals surface area (Å²) in [6.45, 7) is 2.24. The molecule has 3 heteroatoms. The van der Waals surface area contributed by atoms with E-state index in [1.807, 2.05) is 12.1 Å². The Kier molecular flexibility index (Phi) is 2.44. The van der Waals surface area contributed by atoms with Crippen LogP contribution in [0, 0.1) is 11.8 Å². The van der Waals surface area contributed by atoms with E-state index >= 15 is 0 Å². The molecule has 3 N–H and O–H groups in total. The van der Waals surface area contributed by atoms with Crippen molar-refractivity contribution in [3.8, 4) is 0 Å². The molecule has 3 rings (SSSR count). The quantitative estimate of drug-likeness (QED) is 0.836. The van der Waals surface area contributed by atoms with Crippen LogP contribution in [0.1, 0.15) is 36.9 Å². The smallest absolute Gasteiger partial charge is 0.228 e. The summed E-state index contributed by atoms with van der Waals surface area (Å²) < 4.78 is 0. The molecule has 2 unspecified atom stereocenters. The largest absolute Gasteiger partial charge is 0.326 e. The van der Waals surface area contributed by atoms with Gasteiger partial charge in [0.1, 0.15) is 0 Å². The first-order valence-corrected chi connectivity index (χ1v) is 6.33. The molecule has 0 bridgehead atoms. The van der Waals surface area contributed by atoms with Crippen molar-refractivity contribution in [2.75, 3.05) is 5.32 Å². The molecule has 3 nitrogen and oxygen atoms in total. The van der Waals surface area contributed by atoms with E-state index in [0.717, 1.165) is 17.2 Å². The Morgan fingerprint density at radius 3 is 2.88 bits per heavy atom. The number of anilines is 1. The number of fused-ring (bicyclic) bond motifs is 1. The molecule has 1 heterocycles. The van der Waals surface area contributed by atoms with Crippen LogP contribution in [0.4, 0.5) is 5.69 Å². The summed E-state index contributed by atoms with van der Waals surface area (Å²) >= 11 is 0. The van der Waals surface area contributed by atoms with E-state index in [4.69, 9.17) is 5.73 Å². The zero-order valence-electron chi connectivity index (χ0n) is 10.1. The van der Waals surface area contributed by atoms with Crippen molar-refractivity contribution >= 4 is 11.6 Å². The zero-order valence-corrected chi connectivity index (χ0v) is 10.1. The van der Waals surface area contributed by atoms with Crippen molar-refractivity contribution in [2.45, 2.75) is 32.2 Å². The van der Waals surface area contributed by atoms with Gasteiger partial charge in [0.25, 0.3) is 0 Å². The van der Waals surface area contributed by atoms with Gasteiger partial charge < -0.3 is 11.1 Å². The predicted molar refractivity (Wildman–Crippen MR) is 67.6 cm³/mol. The molecule has 1 aromatic rings. The third-order valence-electron chi connectivity index (χ3n) is 4.07. The molecule has 1 fully saturated rings. The highest BCUT2D eigenvalue weighted by molar-refractivity contribution is 5.99. The molecule has 1 aromatic carbocycles. The number of carbonyl (C=O) groups is 1. The monoisotopic (exact) mass is 230 g/mol. The van der Waals surface area contributed by atoms with Crippen LogP contribution in [0.2, 0.25) is 0 Å². The van der Waals surface area contributed by atoms with Crippen molar-refractivity contribution < 1.29 is 4.79 Å². The van der Waals surface area contributed by atoms with Gasteiger partial charge in [-0.1, -0.05) is 19.1 Å². The molecule has 0 radical (unpaired) electrons. The number of benzene rings is 1. The molecule has 1 aliphatic carbocycles. The third kappa shape index (κ3) is 1.95. The third-order valence-corrected chi connectivity index (χ3v) is 4.07. The number of hydrogen-bond acceptors (Lipinski definition) is 2. The molecule has 1 saturated carbocycles. The van der Waals surface area contributed by atoms with Crippen LogP contribution in [0.3, 0.4) is 0 Å². The normalized spacial score (nSPS) is 21.9. The fraction of sp³-hybridized carbons (Fsp3) is 0.500. The van der Waals surface area contributed by atoms with Crippen LogP contribution in [-0.4, -0.2) is 5.91 Å². The molecule has 2 aliphatic rings. The van der Waals surface area contributed by atoms with E-state index < -0.39 is 0 Å². The Morgan fingerprint density at radius 2 is 2.18 bits per heavy atom. The lowest BCUT2D eigenvalue weighted by Gasteiger charge is -2.20. The van der Waals surface area contributed by atoms with Gasteiger partial charge in [-0.25, -0.2) is 0 Å². The Bertz CT molecular complexity index is 465. The Labute approximate surface area is 101 Å². The highest BCUT2D eigenvalue weighted by Gasteiger charge is 2.32. The van der Waals surface area contributed by atoms with E-state index in [9.17, 15) is 4.79 Å². The molecular formula is C14H18N2O. The Hall–Kier alpha value is -1.35. The first-order chi connectivity index (χ1) is 8.15. The standard InChI is InChI=1S/C14H18N2O/c1-8(9-2-3-9)14(15)10-4-5-12-11(6-10)7-13(17)16-12/h4-6,8-9,14H,2-3,7,15H2,1H3,(H,16,17). The molecule has 0 saturated heterocycles. The maximum absolute atomic E-state index is 11.3. The zero-order chi connectivity index (χ0) is 12.0. The fourth-order valence-electron chi connectivity index (χ4n) is 2.68. The van der Waals surface area contributed by atoms with Gasteiger partial charge >= 0.3 is 0 Å². The number of hydrogen-bond donors (Lipinski definition) is 2. The van der Waals surface area contributed by atoms with Crippen LogP contribution < -0.4 is 11.1 Å². The molecule has 1 amide bonds. The minimum Gasteiger partial charge on any atom is -0.326 e. The Morgan fingerprint density at radius 1 is 1.41 bits per heavy atom. The van der Waals surface area contributed by atoms with Crippen LogP contribution in [0.25, 0.3) is 0 Å². The summed E-state index contributed by atoms with van der Waals surface area (Å²) in [4.78, 5) is 11.3. The van der Waals surface area contributed by atoms with E-state index in [2.05, 4.69) is 18.3 Å². The first-order valence-electron chi connectivity index (χ1n) is 6.33. The number of nitrogens with two attached hydrogens (primary N) is 1. The van der Waals surface area contributed by atoms with Gasteiger partial charge in [0, 0.05) is 11.7 Å². The van der Waals surface area contributed by atoms with E-state index in [-0.39, 0.29) is 11.9 Å². The average molecular weight is 230 g/mol. The second-order valence-electron chi connectivity index (χ2n) is 5.36. The van der Waals surface area contributed by atoms with Gasteiger partial charge in [-0.15, -0.1) is 0 Å². The highest BCUT2D eigenvalue weighted by Crippen LogP contribution is 2.42. The summed E-state index contributed by atoms with van der Waals surface area (Å²) in [6.07, 6.45) is 3.13. The second kappa shape index (κ2) is 3.84. The van der Waals surface area contributed by atoms with Gasteiger partial charge in [-0.05, 0) is 41.9 Å². The molecule has 90 valence electrons. The van der Waals surface area contributed by atoms with Crippen molar-refractivity contribution in [1.82, 2.24) is 0 Å². The van der Waals surface area contributed by atoms with Crippen LogP contribution >= 0.6 is 0 Å². The average Bonchev–Trinajstić information content (AvgIpc) is 3.08. The topological polar surface area (TPSA) is 55.1 Å². The first kappa shape index (κ1) is 10.8. The Balaban J connectivity index is 1.84. The maximum Gasteiger partial charge on any atom is 0.228 e. The molecule has 17 heavy (non-hydrogen) atoms. The SMILES string of the molecule is CC(C1CC1)C(N)c1ccc2c(c1)CC(=O)N2. The van der Waals surface area contributed by atoms with Gasteiger partial charge in [0.15, 0.2) is 0 Å². The summed E-state index contributed by atoms with van der Waals surface area (Å²) in [5.41, 5.74) is 9.51. The van der Waals surface area contributed by atoms with Crippen LogP contribution in [-0.2, 0) is 11.2 Å². The lowest BCUT2D eigenvalue weighted by atomic mass is 9.90. The highest BCUT2D eigenvalue weighted by atomic mass is 16.1. The summed E-state index contributed by atoms with van der Waals surface area (Å²) in [5, 5.41) is 2.85. The molecule has 0 spiro atoms. The van der Waals surface area contributed by atoms with Crippen molar-refractivity contribution in [3.05, 3.63) is 29.3 Å². The van der Waals surface area contributed by atoms with E-state index in [1.54, 1.807) is 0 Å². The number of rotatable bonds is 3. The second-order valence-corrected chi connectivity index (χ2v) is 5.36. The summed E-state index contributed by atoms with van der Waals surface area (Å²) in [5.74, 6) is 1.43. The molecule has 2 atom stereocenters. The van der Waals surface area contributed by atoms with Crippen molar-refractivity contribution in [3.63, 3.8) is 0 Å². The predicted octanol–water partition coefficient (Wildman–Crippen LogP) is 2.23. The van der Waals surface area contributed by atoms with E-state index in [0.29, 0.717) is 12.3 Å². The van der Waals surface area contributed by atoms with Gasteiger partial charge in [-0.3, -0.25) is 4.79 Å². The number of amides is 1. The number of nitrogens with one attached hydrogen (secondary N) is 1. The van der Waals surface area contributed by atoms with Crippen molar-refractivity contribution in [2.24, 2.45) is 17.6 Å². The van der Waals surface area contributed by atoms with Crippen molar-refractivity contribution in [1.29, 1.82) is 0 Å². The number of carbonyl (C=O) groups excluding carboxylic acids is 1. The lowest BCUT2D eigenvalue weighted by Crippen LogP contribution is -2.20. The van der Waals surface area contributed by atoms with Gasteiger partial charge in [-0.2, -0.15) is 0 Å².